The zero-order chi connectivity index (χ0) is 74.0. The van der Waals surface area contributed by atoms with Crippen molar-refractivity contribution in [3.63, 3.8) is 0 Å². The highest BCUT2D eigenvalue weighted by molar-refractivity contribution is 6.06. The molecule has 0 atom stereocenters. The molecule has 6 aromatic carbocycles. The van der Waals surface area contributed by atoms with Crippen molar-refractivity contribution in [3.05, 3.63) is 190 Å². The van der Waals surface area contributed by atoms with Crippen LogP contribution in [0.25, 0.3) is 0 Å². The number of rotatable bonds is 2. The van der Waals surface area contributed by atoms with Crippen molar-refractivity contribution in [3.8, 4) is 0 Å². The molecular formula is C72H78N6O8. The standard InChI is InChI=1S/2C12H11NO3.2C12H13NO.2C12H15N/c14-10-5-4-8-6-7-2-1-3-9(7)12(11(8)10)13(15)16;14-11-5-4-9-10(11)6-7-2-1-3-8(7)12(9)13(15)16;13-12-9-3-1-2-7(9)6-8-4-5-10(14)11(8)12;13-12-8-3-1-2-7(8)6-10-9(12)4-5-11(10)14;2*13-12-10-5-1-3-8(10)7-9-4-2-6-11(9)12/h2*6H,1-5H2;2*6H,1-5,13H2;2*7H,1-6,13H2/i3D2;2D2;3D2;2D2;5D2,6D2;3D2,4D2. The van der Waals surface area contributed by atoms with Crippen molar-refractivity contribution >= 4 is 57.3 Å². The SMILES string of the molecule is [2H]C1([2H])CCc2c1cc1c(c2N)CCC1([2H])[2H].[2H]C1([2H])CCc2c1cc1c(c2N)CCC1=O.[2H]C1([2H])CCc2c1cc1c(c2[N+](=O)[O-])CCC1=O.[2H]C1([2H])CCc2cc3c(c(N)c21)C(=O)CC3.[2H]C1([2H])CCc2cc3c(c(N)c21)C([2H])([2H])CC3.[2H]C1([2H])CCc2cc3c(c([N+](=O)[O-])c21)C(=O)CC3. The van der Waals surface area contributed by atoms with Crippen molar-refractivity contribution in [2.45, 2.75) is 205 Å². The van der Waals surface area contributed by atoms with E-state index in [1.807, 2.05) is 12.1 Å². The predicted molar refractivity (Wildman–Crippen MR) is 336 cm³/mol. The Kier molecular flexibility index (Phi) is 11.2. The molecule has 0 amide bonds. The lowest BCUT2D eigenvalue weighted by Crippen LogP contribution is -2.04. The summed E-state index contributed by atoms with van der Waals surface area (Å²) in [6.07, 6.45) is 0.954. The Morgan fingerprint density at radius 1 is 0.291 bits per heavy atom. The molecule has 0 saturated carbocycles. The minimum atomic E-state index is -1.70. The third kappa shape index (κ3) is 10.3. The summed E-state index contributed by atoms with van der Waals surface area (Å²) in [6.45, 7) is 0. The summed E-state index contributed by atoms with van der Waals surface area (Å²) < 4.78 is 127. The fourth-order valence-electron chi connectivity index (χ4n) is 14.6. The summed E-state index contributed by atoms with van der Waals surface area (Å²) in [5.74, 6) is -0.175. The Morgan fingerprint density at radius 2 is 0.628 bits per heavy atom. The van der Waals surface area contributed by atoms with Gasteiger partial charge in [-0.2, -0.15) is 0 Å². The van der Waals surface area contributed by atoms with Gasteiger partial charge in [0.25, 0.3) is 11.4 Å². The molecule has 14 nitrogen and oxygen atoms in total. The highest BCUT2D eigenvalue weighted by atomic mass is 16.6. The number of benzene rings is 6. The maximum atomic E-state index is 11.8. The number of aryl methyl sites for hydroxylation is 10. The van der Waals surface area contributed by atoms with Gasteiger partial charge in [0.2, 0.25) is 0 Å². The van der Waals surface area contributed by atoms with Gasteiger partial charge in [0, 0.05) is 104 Å². The first-order chi connectivity index (χ1) is 47.5. The van der Waals surface area contributed by atoms with E-state index in [1.165, 1.54) is 0 Å². The number of ketones is 4. The number of Topliss-reactive ketones (excluding diaryl/α,β-unsaturated/α-hetero) is 4. The summed E-state index contributed by atoms with van der Waals surface area (Å²) in [7, 11) is 0. The summed E-state index contributed by atoms with van der Waals surface area (Å²) >= 11 is 0. The number of hydrogen-bond acceptors (Lipinski definition) is 12. The number of nitro benzene ring substituents is 2. The molecule has 14 heteroatoms. The van der Waals surface area contributed by atoms with Gasteiger partial charge in [-0.1, -0.05) is 24.3 Å². The lowest BCUT2D eigenvalue weighted by molar-refractivity contribution is -0.386. The number of carbonyl (C=O) groups is 4. The summed E-state index contributed by atoms with van der Waals surface area (Å²) in [6, 6.07) is 10.7. The largest absolute Gasteiger partial charge is 0.398 e. The van der Waals surface area contributed by atoms with Crippen LogP contribution in [-0.2, 0) is 128 Å². The minimum Gasteiger partial charge on any atom is -0.398 e. The number of carbonyl (C=O) groups excluding carboxylic acids is 4. The fraction of sp³-hybridized carbons (Fsp3) is 0.444. The molecule has 0 spiro atoms. The van der Waals surface area contributed by atoms with Gasteiger partial charge in [0.05, 0.1) is 15.4 Å². The smallest absolute Gasteiger partial charge is 0.283 e. The first kappa shape index (κ1) is 41.2. The van der Waals surface area contributed by atoms with Gasteiger partial charge >= 0.3 is 0 Å². The van der Waals surface area contributed by atoms with Crippen LogP contribution in [0.2, 0.25) is 0 Å². The third-order valence-electron chi connectivity index (χ3n) is 18.7. The van der Waals surface area contributed by atoms with E-state index in [0.717, 1.165) is 63.8 Å². The second-order valence-corrected chi connectivity index (χ2v) is 23.6. The topological polar surface area (TPSA) is 259 Å². The first-order valence-corrected chi connectivity index (χ1v) is 30.1. The Morgan fingerprint density at radius 3 is 1.14 bits per heavy atom. The molecule has 0 aliphatic heterocycles. The van der Waals surface area contributed by atoms with Gasteiger partial charge in [0.1, 0.15) is 0 Å². The van der Waals surface area contributed by atoms with E-state index in [0.29, 0.717) is 223 Å². The zero-order valence-corrected chi connectivity index (χ0v) is 47.9. The molecule has 0 heterocycles. The van der Waals surface area contributed by atoms with Gasteiger partial charge in [-0.25, -0.2) is 0 Å². The molecule has 0 saturated heterocycles. The van der Waals surface area contributed by atoms with Crippen LogP contribution >= 0.6 is 0 Å². The van der Waals surface area contributed by atoms with Gasteiger partial charge in [0.15, 0.2) is 23.1 Å². The van der Waals surface area contributed by atoms with Crippen molar-refractivity contribution in [2.75, 3.05) is 22.9 Å². The van der Waals surface area contributed by atoms with E-state index >= 15 is 0 Å². The molecule has 12 aliphatic rings. The first-order valence-electron chi connectivity index (χ1n) is 38.1. The highest BCUT2D eigenvalue weighted by Gasteiger charge is 2.37. The molecule has 0 fully saturated rings. The van der Waals surface area contributed by atoms with E-state index in [-0.39, 0.29) is 58.5 Å². The van der Waals surface area contributed by atoms with Crippen LogP contribution in [0, 0.1) is 20.2 Å². The molecule has 0 unspecified atom stereocenters. The van der Waals surface area contributed by atoms with E-state index in [1.54, 1.807) is 24.3 Å². The molecule has 6 aromatic rings. The van der Waals surface area contributed by atoms with Crippen molar-refractivity contribution < 1.29 is 51.0 Å². The molecule has 8 N–H and O–H groups in total. The summed E-state index contributed by atoms with van der Waals surface area (Å²) in [5, 5.41) is 22.5. The summed E-state index contributed by atoms with van der Waals surface area (Å²) in [4.78, 5) is 68.2. The molecule has 12 aliphatic carbocycles. The second-order valence-electron chi connectivity index (χ2n) is 23.6. The van der Waals surface area contributed by atoms with Crippen LogP contribution in [-0.4, -0.2) is 33.0 Å². The van der Waals surface area contributed by atoms with Crippen molar-refractivity contribution in [1.29, 1.82) is 0 Å². The van der Waals surface area contributed by atoms with Gasteiger partial charge in [-0.05, 0) is 286 Å². The molecule has 0 radical (unpaired) electrons. The maximum Gasteiger partial charge on any atom is 0.283 e. The maximum absolute atomic E-state index is 11.8. The lowest BCUT2D eigenvalue weighted by Gasteiger charge is -2.10. The fourth-order valence-corrected chi connectivity index (χ4v) is 14.6. The normalized spacial score (nSPS) is 25.6. The van der Waals surface area contributed by atoms with Crippen LogP contribution in [0.15, 0.2) is 36.4 Å². The molecule has 444 valence electrons. The number of nitrogen functional groups attached to an aromatic ring is 4. The predicted octanol–water partition coefficient (Wildman–Crippen LogP) is 12.7. The molecular weight excluding hydrogens is 1080 g/mol. The Labute approximate surface area is 525 Å². The molecule has 86 heavy (non-hydrogen) atoms. The monoisotopic (exact) mass is 1170 g/mol. The number of anilines is 4. The van der Waals surface area contributed by atoms with Crippen LogP contribution in [0.5, 0.6) is 0 Å². The van der Waals surface area contributed by atoms with Gasteiger partial charge < -0.3 is 22.9 Å². The number of hydrogen-bond donors (Lipinski definition) is 4. The van der Waals surface area contributed by atoms with Crippen molar-refractivity contribution in [1.82, 2.24) is 0 Å². The summed E-state index contributed by atoms with van der Waals surface area (Å²) in [5.41, 5.74) is 41.7. The number of nitrogens with zero attached hydrogens (tertiary/aromatic N) is 2. The Balaban J connectivity index is 0.000000109. The average Bonchev–Trinajstić information content (AvgIpc) is 1.62. The third-order valence-corrected chi connectivity index (χ3v) is 18.7. The minimum absolute atomic E-state index is 0.0188. The number of nitro groups is 2. The van der Waals surface area contributed by atoms with E-state index in [2.05, 4.69) is 0 Å². The van der Waals surface area contributed by atoms with E-state index < -0.39 is 60.8 Å². The zero-order valence-electron chi connectivity index (χ0n) is 63.9. The van der Waals surface area contributed by atoms with E-state index in [9.17, 15) is 39.4 Å². The Hall–Kier alpha value is -8.00. The quantitative estimate of drug-likeness (QED) is 0.0717. The number of nitrogens with two attached hydrogens (primary N) is 4. The second kappa shape index (κ2) is 23.4. The number of fused-ring (bicyclic) bond motifs is 12. The van der Waals surface area contributed by atoms with Crippen LogP contribution < -0.4 is 22.9 Å². The highest BCUT2D eigenvalue weighted by Crippen LogP contribution is 2.44. The van der Waals surface area contributed by atoms with Gasteiger partial charge in [-0.15, -0.1) is 0 Å². The van der Waals surface area contributed by atoms with Crippen LogP contribution in [0.3, 0.4) is 0 Å². The lowest BCUT2D eigenvalue weighted by atomic mass is 9.99. The molecule has 0 aromatic heterocycles. The van der Waals surface area contributed by atoms with Gasteiger partial charge in [-0.3, -0.25) is 39.4 Å². The molecule has 0 bridgehead atoms. The van der Waals surface area contributed by atoms with Crippen LogP contribution in [0.4, 0.5) is 34.1 Å². The average molecular weight is 1170 g/mol. The van der Waals surface area contributed by atoms with Crippen molar-refractivity contribution in [2.24, 2.45) is 0 Å². The Bertz CT molecular complexity index is 4660. The van der Waals surface area contributed by atoms with Crippen LogP contribution in [0.1, 0.15) is 252 Å². The van der Waals surface area contributed by atoms with E-state index in [4.69, 9.17) is 44.9 Å². The molecule has 18 rings (SSSR count).